The van der Waals surface area contributed by atoms with Gasteiger partial charge in [0.15, 0.2) is 5.82 Å². The molecule has 0 fully saturated rings. The van der Waals surface area contributed by atoms with Crippen LogP contribution in [-0.2, 0) is 11.3 Å². The van der Waals surface area contributed by atoms with E-state index in [1.165, 1.54) is 24.6 Å². The van der Waals surface area contributed by atoms with Crippen LogP contribution in [0.4, 0.5) is 11.5 Å². The number of rotatable bonds is 4. The number of methoxy groups -OCH3 is 1. The monoisotopic (exact) mass is 311 g/mol. The van der Waals surface area contributed by atoms with Crippen LogP contribution in [0, 0.1) is 0 Å². The highest BCUT2D eigenvalue weighted by Crippen LogP contribution is 2.27. The van der Waals surface area contributed by atoms with Crippen molar-refractivity contribution in [3.8, 4) is 0 Å². The van der Waals surface area contributed by atoms with Gasteiger partial charge >= 0.3 is 5.97 Å². The second-order valence-electron chi connectivity index (χ2n) is 4.15. The first-order chi connectivity index (χ1) is 9.52. The molecular weight excluding hydrogens is 298 g/mol. The molecule has 0 aliphatic heterocycles. The van der Waals surface area contributed by atoms with Crippen molar-refractivity contribution < 1.29 is 9.53 Å². The molecule has 5 nitrogen and oxygen atoms in total. The summed E-state index contributed by atoms with van der Waals surface area (Å²) in [5, 5.41) is 0. The number of hydrogen-bond acceptors (Lipinski definition) is 6. The summed E-state index contributed by atoms with van der Waals surface area (Å²) in [6.07, 6.45) is 1.54. The van der Waals surface area contributed by atoms with Gasteiger partial charge in [-0.2, -0.15) is 0 Å². The van der Waals surface area contributed by atoms with Gasteiger partial charge in [0.1, 0.15) is 0 Å². The van der Waals surface area contributed by atoms with Crippen molar-refractivity contribution in [2.75, 3.05) is 24.8 Å². The fraction of sp³-hybridized carbons (Fsp3) is 0.231. The molecule has 2 rings (SSSR count). The first-order valence-corrected chi connectivity index (χ1v) is 7.00. The number of halogens is 1. The van der Waals surface area contributed by atoms with Crippen molar-refractivity contribution in [3.05, 3.63) is 39.2 Å². The van der Waals surface area contributed by atoms with Gasteiger partial charge in [-0.15, -0.1) is 11.3 Å². The van der Waals surface area contributed by atoms with Crippen LogP contribution in [0.25, 0.3) is 0 Å². The maximum atomic E-state index is 11.6. The molecule has 0 aliphatic carbocycles. The van der Waals surface area contributed by atoms with Crippen molar-refractivity contribution >= 4 is 40.4 Å². The molecule has 0 aliphatic rings. The molecule has 0 saturated carbocycles. The van der Waals surface area contributed by atoms with Gasteiger partial charge in [0.25, 0.3) is 0 Å². The van der Waals surface area contributed by atoms with Gasteiger partial charge in [0.05, 0.1) is 29.2 Å². The van der Waals surface area contributed by atoms with Gasteiger partial charge in [-0.25, -0.2) is 9.78 Å². The number of ether oxygens (including phenoxy) is 1. The highest BCUT2D eigenvalue weighted by Gasteiger charge is 2.16. The van der Waals surface area contributed by atoms with E-state index >= 15 is 0 Å². The Bertz CT molecular complexity index is 630. The molecule has 0 aromatic carbocycles. The molecule has 0 atom stereocenters. The minimum absolute atomic E-state index is 0.310. The molecule has 0 saturated heterocycles. The molecule has 0 amide bonds. The number of nitrogen functional groups attached to an aromatic ring is 1. The highest BCUT2D eigenvalue weighted by molar-refractivity contribution is 7.16. The van der Waals surface area contributed by atoms with Gasteiger partial charge in [-0.1, -0.05) is 11.6 Å². The number of nitrogens with zero attached hydrogens (tertiary/aromatic N) is 2. The Labute approximate surface area is 125 Å². The van der Waals surface area contributed by atoms with E-state index in [0.29, 0.717) is 23.6 Å². The summed E-state index contributed by atoms with van der Waals surface area (Å²) in [5.74, 6) is 0.0659. The van der Waals surface area contributed by atoms with Crippen LogP contribution in [0.3, 0.4) is 0 Å². The number of carbonyl (C=O) groups excluding carboxylic acids is 1. The van der Waals surface area contributed by atoms with Gasteiger partial charge in [0, 0.05) is 18.1 Å². The summed E-state index contributed by atoms with van der Waals surface area (Å²) >= 11 is 7.40. The summed E-state index contributed by atoms with van der Waals surface area (Å²) in [6.45, 7) is 0.610. The molecule has 20 heavy (non-hydrogen) atoms. The average Bonchev–Trinajstić information content (AvgIpc) is 2.83. The summed E-state index contributed by atoms with van der Waals surface area (Å²) in [4.78, 5) is 18.8. The Balaban J connectivity index is 2.26. The normalized spacial score (nSPS) is 10.3. The molecule has 2 aromatic heterocycles. The SMILES string of the molecule is COC(=O)c1ccnc(N(C)Cc2ccc(Cl)s2)c1N. The van der Waals surface area contributed by atoms with Crippen molar-refractivity contribution in [1.82, 2.24) is 4.98 Å². The average molecular weight is 312 g/mol. The second kappa shape index (κ2) is 6.11. The number of esters is 1. The number of nitrogens with two attached hydrogens (primary N) is 1. The second-order valence-corrected chi connectivity index (χ2v) is 5.95. The zero-order valence-electron chi connectivity index (χ0n) is 11.1. The lowest BCUT2D eigenvalue weighted by Gasteiger charge is -2.20. The van der Waals surface area contributed by atoms with Gasteiger partial charge in [-0.05, 0) is 18.2 Å². The largest absolute Gasteiger partial charge is 0.465 e. The van der Waals surface area contributed by atoms with E-state index in [9.17, 15) is 4.79 Å². The zero-order valence-corrected chi connectivity index (χ0v) is 12.7. The zero-order chi connectivity index (χ0) is 14.7. The lowest BCUT2D eigenvalue weighted by molar-refractivity contribution is 0.0602. The van der Waals surface area contributed by atoms with E-state index in [-0.39, 0.29) is 0 Å². The molecule has 0 bridgehead atoms. The van der Waals surface area contributed by atoms with Crippen LogP contribution in [0.1, 0.15) is 15.2 Å². The lowest BCUT2D eigenvalue weighted by atomic mass is 10.2. The van der Waals surface area contributed by atoms with Crippen LogP contribution >= 0.6 is 22.9 Å². The Morgan fingerprint density at radius 1 is 1.50 bits per heavy atom. The summed E-state index contributed by atoms with van der Waals surface area (Å²) in [5.41, 5.74) is 6.62. The van der Waals surface area contributed by atoms with Crippen molar-refractivity contribution in [2.45, 2.75) is 6.54 Å². The standard InChI is InChI=1S/C13H14ClN3O2S/c1-17(7-8-3-4-10(14)20-8)12-11(15)9(5-6-16-12)13(18)19-2/h3-6H,7,15H2,1-2H3. The van der Waals surface area contributed by atoms with Crippen molar-refractivity contribution in [1.29, 1.82) is 0 Å². The van der Waals surface area contributed by atoms with Gasteiger partial charge in [-0.3, -0.25) is 0 Å². The number of thiophene rings is 1. The summed E-state index contributed by atoms with van der Waals surface area (Å²) in [7, 11) is 3.17. The number of carbonyl (C=O) groups is 1. The summed E-state index contributed by atoms with van der Waals surface area (Å²) < 4.78 is 5.43. The maximum absolute atomic E-state index is 11.6. The molecule has 0 radical (unpaired) electrons. The number of pyridine rings is 1. The number of anilines is 2. The van der Waals surface area contributed by atoms with Crippen LogP contribution in [-0.4, -0.2) is 25.1 Å². The topological polar surface area (TPSA) is 68.5 Å². The van der Waals surface area contributed by atoms with Crippen molar-refractivity contribution in [2.24, 2.45) is 0 Å². The third kappa shape index (κ3) is 3.02. The fourth-order valence-corrected chi connectivity index (χ4v) is 2.94. The smallest absolute Gasteiger partial charge is 0.340 e. The molecule has 7 heteroatoms. The Morgan fingerprint density at radius 3 is 2.85 bits per heavy atom. The quantitative estimate of drug-likeness (QED) is 0.879. The molecular formula is C13H14ClN3O2S. The minimum atomic E-state index is -0.473. The van der Waals surface area contributed by atoms with E-state index in [0.717, 1.165) is 9.21 Å². The summed E-state index contributed by atoms with van der Waals surface area (Å²) in [6, 6.07) is 5.33. The Kier molecular flexibility index (Phi) is 4.46. The van der Waals surface area contributed by atoms with Crippen LogP contribution in [0.5, 0.6) is 0 Å². The molecule has 106 valence electrons. The van der Waals surface area contributed by atoms with Gasteiger partial charge in [0.2, 0.25) is 0 Å². The maximum Gasteiger partial charge on any atom is 0.340 e. The Morgan fingerprint density at radius 2 is 2.25 bits per heavy atom. The van der Waals surface area contributed by atoms with E-state index in [4.69, 9.17) is 22.1 Å². The number of aromatic nitrogens is 1. The minimum Gasteiger partial charge on any atom is -0.465 e. The van der Waals surface area contributed by atoms with Gasteiger partial charge < -0.3 is 15.4 Å². The Hall–Kier alpha value is -1.79. The van der Waals surface area contributed by atoms with Crippen LogP contribution < -0.4 is 10.6 Å². The third-order valence-electron chi connectivity index (χ3n) is 2.76. The van der Waals surface area contributed by atoms with E-state index in [1.54, 1.807) is 6.07 Å². The first-order valence-electron chi connectivity index (χ1n) is 5.81. The highest BCUT2D eigenvalue weighted by atomic mass is 35.5. The molecule has 0 unspecified atom stereocenters. The molecule has 0 spiro atoms. The van der Waals surface area contributed by atoms with E-state index < -0.39 is 5.97 Å². The lowest BCUT2D eigenvalue weighted by Crippen LogP contribution is -2.20. The first kappa shape index (κ1) is 14.6. The predicted octanol–water partition coefficient (Wildman–Crippen LogP) is 2.80. The fourth-order valence-electron chi connectivity index (χ4n) is 1.80. The number of hydrogen-bond donors (Lipinski definition) is 1. The van der Waals surface area contributed by atoms with Crippen molar-refractivity contribution in [3.63, 3.8) is 0 Å². The van der Waals surface area contributed by atoms with E-state index in [1.807, 2.05) is 24.1 Å². The molecule has 2 N–H and O–H groups in total. The van der Waals surface area contributed by atoms with Crippen LogP contribution in [0.2, 0.25) is 4.34 Å². The third-order valence-corrected chi connectivity index (χ3v) is 3.97. The predicted molar refractivity (Wildman–Crippen MR) is 81.4 cm³/mol. The molecule has 2 aromatic rings. The molecule has 2 heterocycles. The van der Waals surface area contributed by atoms with E-state index in [2.05, 4.69) is 4.98 Å². The van der Waals surface area contributed by atoms with Crippen LogP contribution in [0.15, 0.2) is 24.4 Å².